The summed E-state index contributed by atoms with van der Waals surface area (Å²) in [7, 11) is -2.05. The number of anilines is 1. The van der Waals surface area contributed by atoms with E-state index in [2.05, 4.69) is 35.2 Å². The van der Waals surface area contributed by atoms with Gasteiger partial charge < -0.3 is 10.1 Å². The summed E-state index contributed by atoms with van der Waals surface area (Å²) in [4.78, 5) is 39.5. The Morgan fingerprint density at radius 2 is 1.84 bits per heavy atom. The predicted molar refractivity (Wildman–Crippen MR) is 148 cm³/mol. The summed E-state index contributed by atoms with van der Waals surface area (Å²) in [6.45, 7) is 1.42. The van der Waals surface area contributed by atoms with Gasteiger partial charge in [-0.05, 0) is 43.7 Å². The maximum Gasteiger partial charge on any atom is 0.409 e. The minimum atomic E-state index is -4.74. The van der Waals surface area contributed by atoms with Crippen LogP contribution in [0.1, 0.15) is 56.0 Å². The van der Waals surface area contributed by atoms with Crippen molar-refractivity contribution in [2.45, 2.75) is 62.2 Å². The molecule has 4 aromatic heterocycles. The smallest absolute Gasteiger partial charge is 0.409 e. The first-order valence-corrected chi connectivity index (χ1v) is 15.3. The molecule has 0 saturated heterocycles. The van der Waals surface area contributed by atoms with E-state index in [9.17, 15) is 26.4 Å². The number of ether oxygens (including phenoxy) is 1. The molecule has 4 heterocycles. The van der Waals surface area contributed by atoms with Crippen molar-refractivity contribution in [2.24, 2.45) is 5.92 Å². The average Bonchev–Trinajstić information content (AvgIpc) is 3.91. The molecule has 12 nitrogen and oxygen atoms in total. The molecule has 0 radical (unpaired) electrons. The summed E-state index contributed by atoms with van der Waals surface area (Å²) >= 11 is 0. The normalized spacial score (nSPS) is 16.3. The van der Waals surface area contributed by atoms with E-state index in [1.807, 2.05) is 0 Å². The van der Waals surface area contributed by atoms with Gasteiger partial charge in [0.25, 0.3) is 5.56 Å². The summed E-state index contributed by atoms with van der Waals surface area (Å²) in [5, 5.41) is 2.78. The molecule has 4 aromatic rings. The van der Waals surface area contributed by atoms with E-state index in [0.29, 0.717) is 34.4 Å². The number of aromatic nitrogens is 7. The highest BCUT2D eigenvalue weighted by Crippen LogP contribution is 2.49. The van der Waals surface area contributed by atoms with E-state index in [1.54, 1.807) is 0 Å². The van der Waals surface area contributed by atoms with Crippen LogP contribution in [0.2, 0.25) is 0 Å². The third kappa shape index (κ3) is 5.62. The maximum absolute atomic E-state index is 14.5. The van der Waals surface area contributed by atoms with Crippen molar-refractivity contribution in [1.29, 1.82) is 0 Å². The minimum absolute atomic E-state index is 0.0260. The Balaban J connectivity index is 1.45. The lowest BCUT2D eigenvalue weighted by Crippen LogP contribution is -2.38. The Labute approximate surface area is 243 Å². The number of nitrogens with one attached hydrogen (secondary N) is 1. The zero-order chi connectivity index (χ0) is 30.5. The molecule has 0 aromatic carbocycles. The largest absolute Gasteiger partial charge is 0.480 e. The number of rotatable bonds is 10. The van der Waals surface area contributed by atoms with Gasteiger partial charge in [0, 0.05) is 12.1 Å². The number of halogens is 3. The van der Waals surface area contributed by atoms with E-state index in [-0.39, 0.29) is 51.8 Å². The fourth-order valence-electron chi connectivity index (χ4n) is 4.99. The van der Waals surface area contributed by atoms with E-state index >= 15 is 0 Å². The van der Waals surface area contributed by atoms with Gasteiger partial charge in [-0.1, -0.05) is 6.92 Å². The number of pyridine rings is 1. The van der Waals surface area contributed by atoms with Crippen molar-refractivity contribution >= 4 is 26.8 Å². The number of methoxy groups -OCH3 is 1. The fraction of sp³-hybridized carbons (Fsp3) is 0.444. The lowest BCUT2D eigenvalue weighted by atomic mass is 10.1. The van der Waals surface area contributed by atoms with Crippen LogP contribution in [0, 0.1) is 5.92 Å². The number of alkyl halides is 3. The third-order valence-electron chi connectivity index (χ3n) is 7.51. The first-order valence-electron chi connectivity index (χ1n) is 13.7. The standard InChI is InChI=1S/C27H27F3N8O4S/c1-3-43(40,41)17-9-8-16(31-11-17)10-32-23-26(39)38(21(15-6-7-15)27(28,29)30)24-18(36-23)12-33-22(37-24)19-20(14-4-5-14)34-13-35-25(19)42-2/h8-9,11-15,21H,3-7,10H2,1-2H3,(H,32,36)/t21-/m1/s1. The second-order valence-electron chi connectivity index (χ2n) is 10.5. The predicted octanol–water partition coefficient (Wildman–Crippen LogP) is 3.84. The molecule has 1 atom stereocenters. The molecule has 16 heteroatoms. The van der Waals surface area contributed by atoms with Crippen molar-refractivity contribution in [1.82, 2.24) is 34.5 Å². The van der Waals surface area contributed by atoms with Crippen LogP contribution in [0.5, 0.6) is 5.88 Å². The molecule has 43 heavy (non-hydrogen) atoms. The van der Waals surface area contributed by atoms with Crippen LogP contribution >= 0.6 is 0 Å². The number of hydrogen-bond acceptors (Lipinski definition) is 11. The van der Waals surface area contributed by atoms with Crippen LogP contribution in [0.3, 0.4) is 0 Å². The number of hydrogen-bond donors (Lipinski definition) is 1. The van der Waals surface area contributed by atoms with Crippen molar-refractivity contribution in [3.05, 3.63) is 52.6 Å². The molecule has 2 aliphatic rings. The molecule has 0 spiro atoms. The zero-order valence-corrected chi connectivity index (χ0v) is 24.0. The SMILES string of the molecule is CCS(=O)(=O)c1ccc(CNc2nc3cnc(-c4c(OC)ncnc4C4CC4)nc3n([C@H](C3CC3)C(F)(F)F)c2=O)nc1. The Bertz CT molecular complexity index is 1860. The summed E-state index contributed by atoms with van der Waals surface area (Å²) in [6, 6.07) is 0.719. The highest BCUT2D eigenvalue weighted by molar-refractivity contribution is 7.91. The first-order chi connectivity index (χ1) is 20.5. The van der Waals surface area contributed by atoms with Crippen molar-refractivity contribution < 1.29 is 26.3 Å². The van der Waals surface area contributed by atoms with Gasteiger partial charge in [-0.2, -0.15) is 13.2 Å². The second-order valence-corrected chi connectivity index (χ2v) is 12.8. The zero-order valence-electron chi connectivity index (χ0n) is 23.2. The van der Waals surface area contributed by atoms with Crippen molar-refractivity contribution in [3.8, 4) is 17.3 Å². The highest BCUT2D eigenvalue weighted by Gasteiger charge is 2.51. The summed E-state index contributed by atoms with van der Waals surface area (Å²) in [5.74, 6) is -0.894. The quantitative estimate of drug-likeness (QED) is 0.276. The number of fused-ring (bicyclic) bond motifs is 1. The Morgan fingerprint density at radius 1 is 1.07 bits per heavy atom. The van der Waals surface area contributed by atoms with Crippen LogP contribution in [0.15, 0.2) is 40.5 Å². The summed E-state index contributed by atoms with van der Waals surface area (Å²) in [5.41, 5.74) is 0.0519. The highest BCUT2D eigenvalue weighted by atomic mass is 32.2. The van der Waals surface area contributed by atoms with Crippen LogP contribution in [0.4, 0.5) is 19.0 Å². The third-order valence-corrected chi connectivity index (χ3v) is 9.23. The number of sulfone groups is 1. The van der Waals surface area contributed by atoms with Gasteiger partial charge in [0.2, 0.25) is 5.88 Å². The van der Waals surface area contributed by atoms with Crippen LogP contribution in [0.25, 0.3) is 22.6 Å². The van der Waals surface area contributed by atoms with Crippen LogP contribution < -0.4 is 15.6 Å². The molecule has 6 rings (SSSR count). The minimum Gasteiger partial charge on any atom is -0.480 e. The van der Waals surface area contributed by atoms with E-state index in [0.717, 1.165) is 12.8 Å². The lowest BCUT2D eigenvalue weighted by Gasteiger charge is -2.24. The van der Waals surface area contributed by atoms with Crippen LogP contribution in [-0.4, -0.2) is 61.9 Å². The van der Waals surface area contributed by atoms with E-state index in [4.69, 9.17) is 4.74 Å². The summed E-state index contributed by atoms with van der Waals surface area (Å²) in [6.07, 6.45) is 1.46. The van der Waals surface area contributed by atoms with Crippen molar-refractivity contribution in [3.63, 3.8) is 0 Å². The van der Waals surface area contributed by atoms with Crippen molar-refractivity contribution in [2.75, 3.05) is 18.2 Å². The van der Waals surface area contributed by atoms with E-state index < -0.39 is 33.5 Å². The molecule has 0 bridgehead atoms. The van der Waals surface area contributed by atoms with Gasteiger partial charge in [-0.25, -0.2) is 33.3 Å². The Morgan fingerprint density at radius 3 is 2.44 bits per heavy atom. The molecular weight excluding hydrogens is 589 g/mol. The molecule has 2 fully saturated rings. The Kier molecular flexibility index (Phi) is 7.26. The van der Waals surface area contributed by atoms with Gasteiger partial charge in [0.15, 0.2) is 27.1 Å². The van der Waals surface area contributed by atoms with Gasteiger partial charge in [-0.15, -0.1) is 0 Å². The Hall–Kier alpha value is -4.21. The summed E-state index contributed by atoms with van der Waals surface area (Å²) < 4.78 is 73.8. The molecule has 2 aliphatic carbocycles. The molecule has 0 aliphatic heterocycles. The maximum atomic E-state index is 14.5. The molecule has 1 N–H and O–H groups in total. The first kappa shape index (κ1) is 28.9. The topological polar surface area (TPSA) is 155 Å². The van der Waals surface area contributed by atoms with E-state index in [1.165, 1.54) is 44.9 Å². The molecule has 226 valence electrons. The lowest BCUT2D eigenvalue weighted by molar-refractivity contribution is -0.173. The average molecular weight is 617 g/mol. The van der Waals surface area contributed by atoms with Crippen LogP contribution in [-0.2, 0) is 16.4 Å². The monoisotopic (exact) mass is 616 g/mol. The fourth-order valence-corrected chi connectivity index (χ4v) is 5.81. The van der Waals surface area contributed by atoms with Gasteiger partial charge in [0.1, 0.15) is 23.4 Å². The molecule has 2 saturated carbocycles. The second kappa shape index (κ2) is 10.8. The molecular formula is C27H27F3N8O4S. The van der Waals surface area contributed by atoms with Gasteiger partial charge >= 0.3 is 6.18 Å². The van der Waals surface area contributed by atoms with Gasteiger partial charge in [0.05, 0.1) is 41.9 Å². The molecule has 0 unspecified atom stereocenters. The number of nitrogens with zero attached hydrogens (tertiary/aromatic N) is 7. The molecule has 0 amide bonds. The van der Waals surface area contributed by atoms with Gasteiger partial charge in [-0.3, -0.25) is 14.3 Å².